The SMILES string of the molecule is CCOc1ccc(S(=O)(=O)N2CCC(C(=O)Nc3c(C(C)C)cccc3C(C)C)CC2)cc1. The molecule has 0 unspecified atom stereocenters. The number of rotatable bonds is 8. The number of carbonyl (C=O) groups excluding carboxylic acids is 1. The number of ether oxygens (including phenoxy) is 1. The molecule has 0 aliphatic carbocycles. The minimum Gasteiger partial charge on any atom is -0.494 e. The smallest absolute Gasteiger partial charge is 0.243 e. The van der Waals surface area contributed by atoms with Crippen LogP contribution in [0.5, 0.6) is 5.75 Å². The lowest BCUT2D eigenvalue weighted by Gasteiger charge is -2.31. The molecule has 0 bridgehead atoms. The lowest BCUT2D eigenvalue weighted by molar-refractivity contribution is -0.120. The summed E-state index contributed by atoms with van der Waals surface area (Å²) in [5.74, 6) is 0.995. The van der Waals surface area contributed by atoms with Crippen molar-refractivity contribution in [3.63, 3.8) is 0 Å². The highest BCUT2D eigenvalue weighted by Crippen LogP contribution is 2.33. The Hall–Kier alpha value is -2.38. The third kappa shape index (κ3) is 5.76. The van der Waals surface area contributed by atoms with Crippen molar-refractivity contribution in [2.45, 2.75) is 64.2 Å². The Balaban J connectivity index is 1.68. The van der Waals surface area contributed by atoms with Crippen LogP contribution in [0.1, 0.15) is 70.4 Å². The zero-order chi connectivity index (χ0) is 24.2. The first-order valence-corrected chi connectivity index (χ1v) is 13.3. The van der Waals surface area contributed by atoms with Crippen LogP contribution >= 0.6 is 0 Å². The Morgan fingerprint density at radius 2 is 1.55 bits per heavy atom. The number of amides is 1. The largest absolute Gasteiger partial charge is 0.494 e. The second kappa shape index (κ2) is 10.7. The van der Waals surface area contributed by atoms with E-state index in [0.717, 1.165) is 16.8 Å². The summed E-state index contributed by atoms with van der Waals surface area (Å²) in [6.45, 7) is 11.6. The van der Waals surface area contributed by atoms with E-state index in [1.54, 1.807) is 24.3 Å². The standard InChI is InChI=1S/C26H36N2O4S/c1-6-32-21-10-12-22(13-11-21)33(30,31)28-16-14-20(15-17-28)26(29)27-25-23(18(2)3)8-7-9-24(25)19(4)5/h7-13,18-20H,6,14-17H2,1-5H3,(H,27,29). The summed E-state index contributed by atoms with van der Waals surface area (Å²) >= 11 is 0. The molecule has 6 nitrogen and oxygen atoms in total. The number of piperidine rings is 1. The lowest BCUT2D eigenvalue weighted by Crippen LogP contribution is -2.41. The average Bonchev–Trinajstić information content (AvgIpc) is 2.79. The molecule has 0 aromatic heterocycles. The van der Waals surface area contributed by atoms with Gasteiger partial charge in [-0.1, -0.05) is 45.9 Å². The lowest BCUT2D eigenvalue weighted by atomic mass is 9.91. The zero-order valence-corrected chi connectivity index (χ0v) is 21.1. The van der Waals surface area contributed by atoms with Gasteiger partial charge >= 0.3 is 0 Å². The highest BCUT2D eigenvalue weighted by Gasteiger charge is 2.32. The predicted molar refractivity (Wildman–Crippen MR) is 132 cm³/mol. The fraction of sp³-hybridized carbons (Fsp3) is 0.500. The summed E-state index contributed by atoms with van der Waals surface area (Å²) < 4.78 is 33.0. The van der Waals surface area contributed by atoms with Crippen molar-refractivity contribution < 1.29 is 17.9 Å². The number of benzene rings is 2. The molecule has 1 aliphatic rings. The minimum atomic E-state index is -3.59. The van der Waals surface area contributed by atoms with Crippen LogP contribution in [0.3, 0.4) is 0 Å². The molecule has 0 spiro atoms. The Labute approximate surface area is 198 Å². The average molecular weight is 473 g/mol. The Bertz CT molecular complexity index is 1030. The highest BCUT2D eigenvalue weighted by molar-refractivity contribution is 7.89. The van der Waals surface area contributed by atoms with E-state index in [9.17, 15) is 13.2 Å². The van der Waals surface area contributed by atoms with Crippen LogP contribution in [0.4, 0.5) is 5.69 Å². The molecule has 1 fully saturated rings. The van der Waals surface area contributed by atoms with Gasteiger partial charge in [-0.15, -0.1) is 0 Å². The van der Waals surface area contributed by atoms with Gasteiger partial charge in [0, 0.05) is 24.7 Å². The van der Waals surface area contributed by atoms with Crippen LogP contribution in [0.25, 0.3) is 0 Å². The van der Waals surface area contributed by atoms with Gasteiger partial charge in [0.25, 0.3) is 0 Å². The van der Waals surface area contributed by atoms with Gasteiger partial charge in [-0.2, -0.15) is 4.31 Å². The number of para-hydroxylation sites is 1. The van der Waals surface area contributed by atoms with Gasteiger partial charge in [0.15, 0.2) is 0 Å². The molecule has 1 N–H and O–H groups in total. The molecule has 0 atom stereocenters. The van der Waals surface area contributed by atoms with E-state index in [-0.39, 0.29) is 16.7 Å². The number of hydrogen-bond donors (Lipinski definition) is 1. The van der Waals surface area contributed by atoms with Crippen molar-refractivity contribution in [3.8, 4) is 5.75 Å². The fourth-order valence-electron chi connectivity index (χ4n) is 4.30. The first-order chi connectivity index (χ1) is 15.6. The first-order valence-electron chi connectivity index (χ1n) is 11.8. The summed E-state index contributed by atoms with van der Waals surface area (Å²) in [5, 5.41) is 3.19. The molecule has 0 saturated carbocycles. The summed E-state index contributed by atoms with van der Waals surface area (Å²) in [6, 6.07) is 12.7. The predicted octanol–water partition coefficient (Wildman–Crippen LogP) is 5.37. The van der Waals surface area contributed by atoms with Crippen LogP contribution in [0, 0.1) is 5.92 Å². The number of sulfonamides is 1. The molecule has 1 aliphatic heterocycles. The number of carbonyl (C=O) groups is 1. The van der Waals surface area contributed by atoms with E-state index in [2.05, 4.69) is 45.1 Å². The molecular weight excluding hydrogens is 436 g/mol. The fourth-order valence-corrected chi connectivity index (χ4v) is 5.77. The quantitative estimate of drug-likeness (QED) is 0.560. The summed E-state index contributed by atoms with van der Waals surface area (Å²) in [4.78, 5) is 13.4. The van der Waals surface area contributed by atoms with E-state index in [4.69, 9.17) is 4.74 Å². The van der Waals surface area contributed by atoms with Crippen molar-refractivity contribution in [1.29, 1.82) is 0 Å². The Morgan fingerprint density at radius 3 is 2.03 bits per heavy atom. The Kier molecular flexibility index (Phi) is 8.19. The number of hydrogen-bond acceptors (Lipinski definition) is 4. The van der Waals surface area contributed by atoms with Crippen molar-refractivity contribution in [2.24, 2.45) is 5.92 Å². The van der Waals surface area contributed by atoms with Crippen LogP contribution in [0.15, 0.2) is 47.4 Å². The van der Waals surface area contributed by atoms with Gasteiger partial charge < -0.3 is 10.1 Å². The van der Waals surface area contributed by atoms with Crippen LogP contribution < -0.4 is 10.1 Å². The van der Waals surface area contributed by atoms with Crippen LogP contribution in [-0.4, -0.2) is 38.3 Å². The topological polar surface area (TPSA) is 75.7 Å². The van der Waals surface area contributed by atoms with Crippen LogP contribution in [0.2, 0.25) is 0 Å². The monoisotopic (exact) mass is 472 g/mol. The molecule has 1 heterocycles. The molecule has 2 aromatic rings. The van der Waals surface area contributed by atoms with Gasteiger partial charge in [0.05, 0.1) is 11.5 Å². The Morgan fingerprint density at radius 1 is 1.00 bits per heavy atom. The van der Waals surface area contributed by atoms with Crippen molar-refractivity contribution in [1.82, 2.24) is 4.31 Å². The van der Waals surface area contributed by atoms with Crippen LogP contribution in [-0.2, 0) is 14.8 Å². The van der Waals surface area contributed by atoms with Gasteiger partial charge in [0.2, 0.25) is 15.9 Å². The van der Waals surface area contributed by atoms with E-state index < -0.39 is 10.0 Å². The maximum Gasteiger partial charge on any atom is 0.243 e. The molecule has 180 valence electrons. The summed E-state index contributed by atoms with van der Waals surface area (Å²) in [7, 11) is -3.59. The third-order valence-electron chi connectivity index (χ3n) is 6.22. The maximum absolute atomic E-state index is 13.1. The zero-order valence-electron chi connectivity index (χ0n) is 20.3. The third-order valence-corrected chi connectivity index (χ3v) is 8.13. The van der Waals surface area contributed by atoms with Gasteiger partial charge in [-0.05, 0) is 67.0 Å². The molecule has 1 saturated heterocycles. The molecule has 33 heavy (non-hydrogen) atoms. The van der Waals surface area contributed by atoms with Gasteiger partial charge in [-0.25, -0.2) is 8.42 Å². The molecule has 7 heteroatoms. The van der Waals surface area contributed by atoms with E-state index in [0.29, 0.717) is 50.1 Å². The first kappa shape index (κ1) is 25.2. The van der Waals surface area contributed by atoms with Crippen molar-refractivity contribution in [2.75, 3.05) is 25.0 Å². The molecule has 2 aromatic carbocycles. The van der Waals surface area contributed by atoms with E-state index in [1.807, 2.05) is 13.0 Å². The number of nitrogens with zero attached hydrogens (tertiary/aromatic N) is 1. The van der Waals surface area contributed by atoms with Gasteiger partial charge in [-0.3, -0.25) is 4.79 Å². The summed E-state index contributed by atoms with van der Waals surface area (Å²) in [5.41, 5.74) is 3.17. The second-order valence-corrected chi connectivity index (χ2v) is 11.1. The molecular formula is C26H36N2O4S. The molecule has 0 radical (unpaired) electrons. The van der Waals surface area contributed by atoms with E-state index >= 15 is 0 Å². The highest BCUT2D eigenvalue weighted by atomic mass is 32.2. The molecule has 3 rings (SSSR count). The number of nitrogens with one attached hydrogen (secondary N) is 1. The normalized spacial score (nSPS) is 15.7. The van der Waals surface area contributed by atoms with Gasteiger partial charge in [0.1, 0.15) is 5.75 Å². The minimum absolute atomic E-state index is 0.0249. The van der Waals surface area contributed by atoms with E-state index in [1.165, 1.54) is 4.31 Å². The second-order valence-electron chi connectivity index (χ2n) is 9.19. The molecule has 1 amide bonds. The number of anilines is 1. The van der Waals surface area contributed by atoms with Crippen molar-refractivity contribution in [3.05, 3.63) is 53.6 Å². The van der Waals surface area contributed by atoms with Crippen molar-refractivity contribution >= 4 is 21.6 Å². The maximum atomic E-state index is 13.1. The summed E-state index contributed by atoms with van der Waals surface area (Å²) in [6.07, 6.45) is 1.01.